The zero-order chi connectivity index (χ0) is 11.1. The Kier molecular flexibility index (Phi) is 3.09. The van der Waals surface area contributed by atoms with Crippen molar-refractivity contribution in [2.45, 2.75) is 57.7 Å². The van der Waals surface area contributed by atoms with Crippen LogP contribution in [0, 0.1) is 17.8 Å². The second kappa shape index (κ2) is 4.06. The highest BCUT2D eigenvalue weighted by Gasteiger charge is 2.47. The number of rotatable bonds is 5. The van der Waals surface area contributed by atoms with Crippen LogP contribution in [-0.2, 0) is 4.74 Å². The molecule has 0 aliphatic heterocycles. The second-order valence-electron chi connectivity index (χ2n) is 6.06. The monoisotopic (exact) mass is 212 g/mol. The molecule has 0 radical (unpaired) electrons. The Hall–Kier alpha value is -0.0800. The molecule has 0 aromatic rings. The fourth-order valence-corrected chi connectivity index (χ4v) is 2.91. The molecule has 3 atom stereocenters. The molecule has 0 amide bonds. The van der Waals surface area contributed by atoms with Gasteiger partial charge >= 0.3 is 0 Å². The Labute approximate surface area is 93.0 Å². The first-order valence-electron chi connectivity index (χ1n) is 6.25. The zero-order valence-electron chi connectivity index (χ0n) is 10.2. The predicted molar refractivity (Wildman–Crippen MR) is 60.6 cm³/mol. The van der Waals surface area contributed by atoms with Crippen LogP contribution < -0.4 is 0 Å². The molecule has 0 aromatic carbocycles. The van der Waals surface area contributed by atoms with Crippen molar-refractivity contribution in [3.8, 4) is 0 Å². The standard InChI is InChI=1S/C13H24O2/c1-13(2,15-3)5-4-12(14)11-7-9-6-10(9)8-11/h9-12,14H,4-8H2,1-3H3. The molecule has 2 fully saturated rings. The topological polar surface area (TPSA) is 29.5 Å². The fraction of sp³-hybridized carbons (Fsp3) is 1.00. The summed E-state index contributed by atoms with van der Waals surface area (Å²) in [5, 5.41) is 10.1. The van der Waals surface area contributed by atoms with Gasteiger partial charge in [-0.25, -0.2) is 0 Å². The van der Waals surface area contributed by atoms with Gasteiger partial charge in [0.15, 0.2) is 0 Å². The van der Waals surface area contributed by atoms with Gasteiger partial charge in [0.1, 0.15) is 0 Å². The molecule has 0 saturated heterocycles. The summed E-state index contributed by atoms with van der Waals surface area (Å²) in [6, 6.07) is 0. The normalized spacial score (nSPS) is 36.4. The average Bonchev–Trinajstić information content (AvgIpc) is 2.82. The van der Waals surface area contributed by atoms with Crippen LogP contribution in [0.25, 0.3) is 0 Å². The highest BCUT2D eigenvalue weighted by atomic mass is 16.5. The van der Waals surface area contributed by atoms with Gasteiger partial charge in [0, 0.05) is 7.11 Å². The van der Waals surface area contributed by atoms with E-state index in [0.717, 1.165) is 24.7 Å². The first-order valence-corrected chi connectivity index (χ1v) is 6.25. The maximum absolute atomic E-state index is 10.1. The number of methoxy groups -OCH3 is 1. The van der Waals surface area contributed by atoms with E-state index in [9.17, 15) is 5.11 Å². The Morgan fingerprint density at radius 3 is 2.40 bits per heavy atom. The largest absolute Gasteiger partial charge is 0.393 e. The van der Waals surface area contributed by atoms with Crippen molar-refractivity contribution in [1.29, 1.82) is 0 Å². The van der Waals surface area contributed by atoms with E-state index >= 15 is 0 Å². The summed E-state index contributed by atoms with van der Waals surface area (Å²) in [6.45, 7) is 4.18. The van der Waals surface area contributed by atoms with Crippen LogP contribution in [0.1, 0.15) is 46.0 Å². The highest BCUT2D eigenvalue weighted by Crippen LogP contribution is 2.55. The summed E-state index contributed by atoms with van der Waals surface area (Å²) in [5.74, 6) is 2.53. The Morgan fingerprint density at radius 1 is 1.27 bits per heavy atom. The minimum absolute atomic E-state index is 0.0808. The summed E-state index contributed by atoms with van der Waals surface area (Å²) >= 11 is 0. The van der Waals surface area contributed by atoms with E-state index in [0.29, 0.717) is 5.92 Å². The molecular weight excluding hydrogens is 188 g/mol. The second-order valence-corrected chi connectivity index (χ2v) is 6.06. The lowest BCUT2D eigenvalue weighted by atomic mass is 9.90. The van der Waals surface area contributed by atoms with Crippen LogP contribution in [0.15, 0.2) is 0 Å². The van der Waals surface area contributed by atoms with Crippen molar-refractivity contribution in [3.05, 3.63) is 0 Å². The van der Waals surface area contributed by atoms with Gasteiger partial charge in [-0.2, -0.15) is 0 Å². The number of aliphatic hydroxyl groups excluding tert-OH is 1. The van der Waals surface area contributed by atoms with Crippen LogP contribution in [0.3, 0.4) is 0 Å². The summed E-state index contributed by atoms with van der Waals surface area (Å²) in [4.78, 5) is 0. The van der Waals surface area contributed by atoms with Gasteiger partial charge in [0.05, 0.1) is 11.7 Å². The third-order valence-electron chi connectivity index (χ3n) is 4.42. The Morgan fingerprint density at radius 2 is 1.87 bits per heavy atom. The molecule has 2 saturated carbocycles. The van der Waals surface area contributed by atoms with Gasteiger partial charge in [-0.05, 0) is 63.7 Å². The minimum atomic E-state index is -0.0905. The first-order chi connectivity index (χ1) is 7.02. The van der Waals surface area contributed by atoms with Crippen molar-refractivity contribution in [2.75, 3.05) is 7.11 Å². The van der Waals surface area contributed by atoms with Crippen LogP contribution in [0.5, 0.6) is 0 Å². The van der Waals surface area contributed by atoms with Crippen LogP contribution in [0.2, 0.25) is 0 Å². The molecule has 2 heteroatoms. The predicted octanol–water partition coefficient (Wildman–Crippen LogP) is 2.60. The maximum Gasteiger partial charge on any atom is 0.0623 e. The molecule has 0 aromatic heterocycles. The van der Waals surface area contributed by atoms with E-state index in [4.69, 9.17) is 4.74 Å². The summed E-state index contributed by atoms with van der Waals surface area (Å²) < 4.78 is 5.37. The van der Waals surface area contributed by atoms with Gasteiger partial charge in [-0.3, -0.25) is 0 Å². The average molecular weight is 212 g/mol. The van der Waals surface area contributed by atoms with Crippen LogP contribution in [0.4, 0.5) is 0 Å². The van der Waals surface area contributed by atoms with E-state index in [1.165, 1.54) is 19.3 Å². The number of hydrogen-bond acceptors (Lipinski definition) is 2. The number of hydrogen-bond donors (Lipinski definition) is 1. The van der Waals surface area contributed by atoms with E-state index in [-0.39, 0.29) is 11.7 Å². The molecule has 2 aliphatic rings. The van der Waals surface area contributed by atoms with Crippen LogP contribution >= 0.6 is 0 Å². The molecule has 2 aliphatic carbocycles. The summed E-state index contributed by atoms with van der Waals surface area (Å²) in [7, 11) is 1.75. The number of ether oxygens (including phenoxy) is 1. The van der Waals surface area contributed by atoms with Gasteiger partial charge < -0.3 is 9.84 Å². The Balaban J connectivity index is 1.70. The lowest BCUT2D eigenvalue weighted by Crippen LogP contribution is -2.27. The number of fused-ring (bicyclic) bond motifs is 1. The molecular formula is C13H24O2. The molecule has 2 nitrogen and oxygen atoms in total. The van der Waals surface area contributed by atoms with Crippen molar-refractivity contribution in [3.63, 3.8) is 0 Å². The highest BCUT2D eigenvalue weighted by molar-refractivity contribution is 4.97. The van der Waals surface area contributed by atoms with Crippen molar-refractivity contribution in [1.82, 2.24) is 0 Å². The van der Waals surface area contributed by atoms with Crippen molar-refractivity contribution in [2.24, 2.45) is 17.8 Å². The number of aliphatic hydroxyl groups is 1. The lowest BCUT2D eigenvalue weighted by molar-refractivity contribution is -0.00453. The Bertz CT molecular complexity index is 215. The third-order valence-corrected chi connectivity index (χ3v) is 4.42. The summed E-state index contributed by atoms with van der Waals surface area (Å²) in [5.41, 5.74) is -0.0808. The molecule has 15 heavy (non-hydrogen) atoms. The lowest BCUT2D eigenvalue weighted by Gasteiger charge is -2.26. The molecule has 1 N–H and O–H groups in total. The molecule has 0 heterocycles. The quantitative estimate of drug-likeness (QED) is 0.759. The first kappa shape index (κ1) is 11.4. The summed E-state index contributed by atoms with van der Waals surface area (Å²) in [6.07, 6.45) is 5.75. The minimum Gasteiger partial charge on any atom is -0.393 e. The van der Waals surface area contributed by atoms with Crippen molar-refractivity contribution < 1.29 is 9.84 Å². The molecule has 3 unspecified atom stereocenters. The zero-order valence-corrected chi connectivity index (χ0v) is 10.2. The molecule has 0 spiro atoms. The van der Waals surface area contributed by atoms with Gasteiger partial charge in [-0.15, -0.1) is 0 Å². The van der Waals surface area contributed by atoms with Crippen molar-refractivity contribution >= 4 is 0 Å². The maximum atomic E-state index is 10.1. The molecule has 0 bridgehead atoms. The van der Waals surface area contributed by atoms with E-state index in [2.05, 4.69) is 13.8 Å². The van der Waals surface area contributed by atoms with E-state index < -0.39 is 0 Å². The smallest absolute Gasteiger partial charge is 0.0623 e. The van der Waals surface area contributed by atoms with Gasteiger partial charge in [0.2, 0.25) is 0 Å². The van der Waals surface area contributed by atoms with Crippen LogP contribution in [-0.4, -0.2) is 23.9 Å². The SMILES string of the molecule is COC(C)(C)CCC(O)C1CC2CC2C1. The van der Waals surface area contributed by atoms with Gasteiger partial charge in [0.25, 0.3) is 0 Å². The fourth-order valence-electron chi connectivity index (χ4n) is 2.91. The third kappa shape index (κ3) is 2.73. The molecule has 2 rings (SSSR count). The van der Waals surface area contributed by atoms with Gasteiger partial charge in [-0.1, -0.05) is 0 Å². The molecule has 88 valence electrons. The van der Waals surface area contributed by atoms with E-state index in [1.807, 2.05) is 0 Å². The van der Waals surface area contributed by atoms with E-state index in [1.54, 1.807) is 7.11 Å².